The summed E-state index contributed by atoms with van der Waals surface area (Å²) in [7, 11) is 1.68. The van der Waals surface area contributed by atoms with Crippen LogP contribution in [0.3, 0.4) is 0 Å². The molecule has 2 unspecified atom stereocenters. The van der Waals surface area contributed by atoms with Crippen LogP contribution in [0, 0.1) is 0 Å². The first-order chi connectivity index (χ1) is 14.2. The monoisotopic (exact) mass is 397 g/mol. The van der Waals surface area contributed by atoms with Crippen LogP contribution in [-0.2, 0) is 9.53 Å². The van der Waals surface area contributed by atoms with Crippen LogP contribution in [-0.4, -0.2) is 56.8 Å². The average molecular weight is 398 g/mol. The molecule has 2 N–H and O–H groups in total. The van der Waals surface area contributed by atoms with E-state index in [2.05, 4.69) is 34.6 Å². The van der Waals surface area contributed by atoms with Gasteiger partial charge in [-0.2, -0.15) is 0 Å². The van der Waals surface area contributed by atoms with E-state index in [1.54, 1.807) is 7.11 Å². The summed E-state index contributed by atoms with van der Waals surface area (Å²) in [6, 6.07) is 18.1. The number of carbonyl (C=O) groups excluding carboxylic acids is 1. The molecule has 2 aromatic carbocycles. The molecule has 6 heteroatoms. The van der Waals surface area contributed by atoms with Crippen LogP contribution in [0.1, 0.15) is 24.9 Å². The number of rotatable bonds is 9. The summed E-state index contributed by atoms with van der Waals surface area (Å²) < 4.78 is 10.8. The second-order valence-electron chi connectivity index (χ2n) is 7.36. The van der Waals surface area contributed by atoms with E-state index in [1.807, 2.05) is 42.5 Å². The highest BCUT2D eigenvalue weighted by molar-refractivity contribution is 5.90. The molecule has 0 bridgehead atoms. The van der Waals surface area contributed by atoms with Crippen molar-refractivity contribution in [2.24, 2.45) is 0 Å². The Morgan fingerprint density at radius 1 is 1.10 bits per heavy atom. The van der Waals surface area contributed by atoms with Crippen molar-refractivity contribution in [3.05, 3.63) is 60.2 Å². The molecule has 0 aliphatic carbocycles. The summed E-state index contributed by atoms with van der Waals surface area (Å²) in [6.45, 7) is 6.13. The van der Waals surface area contributed by atoms with E-state index in [9.17, 15) is 4.79 Å². The molecule has 0 saturated carbocycles. The van der Waals surface area contributed by atoms with Gasteiger partial charge in [-0.3, -0.25) is 9.69 Å². The van der Waals surface area contributed by atoms with Crippen LogP contribution < -0.4 is 15.4 Å². The third kappa shape index (κ3) is 6.56. The Morgan fingerprint density at radius 2 is 1.79 bits per heavy atom. The molecule has 1 saturated heterocycles. The van der Waals surface area contributed by atoms with Crippen LogP contribution in [0.4, 0.5) is 5.69 Å². The van der Waals surface area contributed by atoms with Gasteiger partial charge in [0.05, 0.1) is 20.3 Å². The fourth-order valence-corrected chi connectivity index (χ4v) is 3.57. The van der Waals surface area contributed by atoms with Crippen LogP contribution in [0.2, 0.25) is 0 Å². The molecule has 6 nitrogen and oxygen atoms in total. The topological polar surface area (TPSA) is 62.8 Å². The van der Waals surface area contributed by atoms with E-state index < -0.39 is 0 Å². The van der Waals surface area contributed by atoms with Crippen molar-refractivity contribution in [3.8, 4) is 5.75 Å². The third-order valence-electron chi connectivity index (χ3n) is 5.20. The molecule has 0 aromatic heterocycles. The van der Waals surface area contributed by atoms with E-state index >= 15 is 0 Å². The minimum absolute atomic E-state index is 0.0172. The molecular weight excluding hydrogens is 366 g/mol. The third-order valence-corrected chi connectivity index (χ3v) is 5.20. The lowest BCUT2D eigenvalue weighted by atomic mass is 10.0. The van der Waals surface area contributed by atoms with Gasteiger partial charge in [0.2, 0.25) is 5.91 Å². The fraction of sp³-hybridized carbons (Fsp3) is 0.435. The molecule has 0 spiro atoms. The van der Waals surface area contributed by atoms with Crippen molar-refractivity contribution in [2.75, 3.05) is 45.3 Å². The Bertz CT molecular complexity index is 746. The SMILES string of the molecule is COc1ccc(C(CNC(C)CC(=O)Nc2ccccc2)N2CCOCC2)cc1. The number of nitrogens with zero attached hydrogens (tertiary/aromatic N) is 1. The molecule has 3 rings (SSSR count). The van der Waals surface area contributed by atoms with Gasteiger partial charge in [0, 0.05) is 43.8 Å². The van der Waals surface area contributed by atoms with Crippen LogP contribution >= 0.6 is 0 Å². The minimum Gasteiger partial charge on any atom is -0.497 e. The largest absolute Gasteiger partial charge is 0.497 e. The maximum Gasteiger partial charge on any atom is 0.225 e. The Balaban J connectivity index is 1.57. The minimum atomic E-state index is 0.0172. The number of amides is 1. The molecule has 1 fully saturated rings. The lowest BCUT2D eigenvalue weighted by Gasteiger charge is -2.35. The maximum atomic E-state index is 12.3. The van der Waals surface area contributed by atoms with E-state index in [4.69, 9.17) is 9.47 Å². The number of hydrogen-bond acceptors (Lipinski definition) is 5. The lowest BCUT2D eigenvalue weighted by molar-refractivity contribution is -0.116. The number of nitrogens with one attached hydrogen (secondary N) is 2. The Morgan fingerprint density at radius 3 is 2.45 bits per heavy atom. The summed E-state index contributed by atoms with van der Waals surface area (Å²) in [5.74, 6) is 0.872. The smallest absolute Gasteiger partial charge is 0.225 e. The molecule has 156 valence electrons. The molecule has 1 aliphatic rings. The Hall–Kier alpha value is -2.41. The van der Waals surface area contributed by atoms with Crippen molar-refractivity contribution < 1.29 is 14.3 Å². The number of ether oxygens (including phenoxy) is 2. The van der Waals surface area contributed by atoms with Crippen LogP contribution in [0.5, 0.6) is 5.75 Å². The van der Waals surface area contributed by atoms with Crippen molar-refractivity contribution >= 4 is 11.6 Å². The molecule has 1 amide bonds. The summed E-state index contributed by atoms with van der Waals surface area (Å²) in [6.07, 6.45) is 0.424. The van der Waals surface area contributed by atoms with Gasteiger partial charge < -0.3 is 20.1 Å². The summed E-state index contributed by atoms with van der Waals surface area (Å²) in [5, 5.41) is 6.50. The predicted molar refractivity (Wildman–Crippen MR) is 115 cm³/mol. The second-order valence-corrected chi connectivity index (χ2v) is 7.36. The van der Waals surface area contributed by atoms with E-state index in [-0.39, 0.29) is 18.0 Å². The highest BCUT2D eigenvalue weighted by Gasteiger charge is 2.23. The number of para-hydroxylation sites is 1. The quantitative estimate of drug-likeness (QED) is 0.681. The Kier molecular flexibility index (Phi) is 8.04. The van der Waals surface area contributed by atoms with Crippen LogP contribution in [0.15, 0.2) is 54.6 Å². The van der Waals surface area contributed by atoms with Gasteiger partial charge >= 0.3 is 0 Å². The van der Waals surface area contributed by atoms with Gasteiger partial charge in [0.1, 0.15) is 5.75 Å². The van der Waals surface area contributed by atoms with Crippen molar-refractivity contribution in [3.63, 3.8) is 0 Å². The average Bonchev–Trinajstić information content (AvgIpc) is 2.75. The summed E-state index contributed by atoms with van der Waals surface area (Å²) in [5.41, 5.74) is 2.07. The van der Waals surface area contributed by atoms with Gasteiger partial charge in [0.25, 0.3) is 0 Å². The van der Waals surface area contributed by atoms with E-state index in [0.29, 0.717) is 6.42 Å². The molecule has 2 atom stereocenters. The molecule has 0 radical (unpaired) electrons. The van der Waals surface area contributed by atoms with Gasteiger partial charge in [0.15, 0.2) is 0 Å². The number of anilines is 1. The zero-order valence-electron chi connectivity index (χ0n) is 17.3. The second kappa shape index (κ2) is 11.0. The highest BCUT2D eigenvalue weighted by Crippen LogP contribution is 2.24. The molecule has 1 aliphatic heterocycles. The predicted octanol–water partition coefficient (Wildman–Crippen LogP) is 3.08. The number of benzene rings is 2. The fourth-order valence-electron chi connectivity index (χ4n) is 3.57. The Labute approximate surface area is 173 Å². The molecular formula is C23H31N3O3. The zero-order chi connectivity index (χ0) is 20.5. The van der Waals surface area contributed by atoms with E-state index in [0.717, 1.165) is 44.3 Å². The number of hydrogen-bond donors (Lipinski definition) is 2. The standard InChI is InChI=1S/C23H31N3O3/c1-18(16-23(27)25-20-6-4-3-5-7-20)24-17-22(26-12-14-29-15-13-26)19-8-10-21(28-2)11-9-19/h3-11,18,22,24H,12-17H2,1-2H3,(H,25,27). The lowest BCUT2D eigenvalue weighted by Crippen LogP contribution is -2.44. The first kappa shape index (κ1) is 21.3. The molecule has 29 heavy (non-hydrogen) atoms. The normalized spacial score (nSPS) is 16.8. The number of carbonyl (C=O) groups is 1. The summed E-state index contributed by atoms with van der Waals surface area (Å²) >= 11 is 0. The van der Waals surface area contributed by atoms with Crippen molar-refractivity contribution in [2.45, 2.75) is 25.4 Å². The first-order valence-corrected chi connectivity index (χ1v) is 10.2. The van der Waals surface area contributed by atoms with E-state index in [1.165, 1.54) is 5.56 Å². The maximum absolute atomic E-state index is 12.3. The first-order valence-electron chi connectivity index (χ1n) is 10.2. The van der Waals surface area contributed by atoms with Gasteiger partial charge in [-0.25, -0.2) is 0 Å². The summed E-state index contributed by atoms with van der Waals surface area (Å²) in [4.78, 5) is 14.8. The van der Waals surface area contributed by atoms with Crippen LogP contribution in [0.25, 0.3) is 0 Å². The zero-order valence-corrected chi connectivity index (χ0v) is 17.3. The number of morpholine rings is 1. The van der Waals surface area contributed by atoms with Crippen molar-refractivity contribution in [1.82, 2.24) is 10.2 Å². The van der Waals surface area contributed by atoms with Gasteiger partial charge in [-0.1, -0.05) is 30.3 Å². The molecule has 1 heterocycles. The van der Waals surface area contributed by atoms with Gasteiger partial charge in [-0.05, 0) is 36.8 Å². The number of methoxy groups -OCH3 is 1. The molecule has 2 aromatic rings. The highest BCUT2D eigenvalue weighted by atomic mass is 16.5. The van der Waals surface area contributed by atoms with Gasteiger partial charge in [-0.15, -0.1) is 0 Å². The van der Waals surface area contributed by atoms with Crippen molar-refractivity contribution in [1.29, 1.82) is 0 Å².